The molecule has 0 amide bonds. The summed E-state index contributed by atoms with van der Waals surface area (Å²) in [5.41, 5.74) is 5.88. The lowest BCUT2D eigenvalue weighted by atomic mass is 10.2. The first-order valence-corrected chi connectivity index (χ1v) is 18.0. The normalized spacial score (nSPS) is 11.3. The van der Waals surface area contributed by atoms with Crippen molar-refractivity contribution in [3.8, 4) is 22.9 Å². The number of ether oxygens (including phenoxy) is 2. The summed E-state index contributed by atoms with van der Waals surface area (Å²) in [6, 6.07) is 15.7. The number of anilines is 2. The van der Waals surface area contributed by atoms with Crippen molar-refractivity contribution >= 4 is 74.9 Å². The zero-order chi connectivity index (χ0) is 37.7. The highest BCUT2D eigenvalue weighted by atomic mass is 32.1. The number of benzene rings is 2. The van der Waals surface area contributed by atoms with Gasteiger partial charge in [-0.25, -0.2) is 24.3 Å². The standard InChI is InChI=1S/C19H17FN4O2S.C19H18N4O2S/c1-10-7-13(23(2)3)15-16-17(27-18(15)22-10)19(25)24(9-21-16)11-5-6-14(26-4)12(20)8-11;1-11-9-14(22(2)3)15-16-17(26-18(15)21-11)19(24)23(10-20-16)12-5-7-13(25-4)8-6-12/h5-9H,1-4H3;5-10H,1-4H3. The van der Waals surface area contributed by atoms with Crippen molar-refractivity contribution < 1.29 is 13.9 Å². The summed E-state index contributed by atoms with van der Waals surface area (Å²) in [6.07, 6.45) is 3.01. The van der Waals surface area contributed by atoms with Crippen molar-refractivity contribution in [3.63, 3.8) is 0 Å². The van der Waals surface area contributed by atoms with Crippen LogP contribution < -0.4 is 30.4 Å². The molecular weight excluding hydrogens is 716 g/mol. The van der Waals surface area contributed by atoms with Crippen LogP contribution in [0.3, 0.4) is 0 Å². The number of methoxy groups -OCH3 is 2. The molecule has 6 heterocycles. The molecule has 15 heteroatoms. The van der Waals surface area contributed by atoms with Gasteiger partial charge in [0.15, 0.2) is 11.6 Å². The molecule has 0 aliphatic rings. The van der Waals surface area contributed by atoms with Gasteiger partial charge in [-0.2, -0.15) is 0 Å². The van der Waals surface area contributed by atoms with Crippen molar-refractivity contribution in [2.45, 2.75) is 13.8 Å². The minimum atomic E-state index is -0.537. The molecule has 0 aliphatic heterocycles. The molecule has 12 nitrogen and oxygen atoms in total. The van der Waals surface area contributed by atoms with Crippen molar-refractivity contribution in [1.82, 2.24) is 29.1 Å². The molecule has 0 bridgehead atoms. The SMILES string of the molecule is COc1ccc(-n2cnc3c(sc4nc(C)cc(N(C)C)c43)c2=O)cc1.COc1ccc(-n2cnc3c(sc4nc(C)cc(N(C)C)c43)c2=O)cc1F. The van der Waals surface area contributed by atoms with Crippen molar-refractivity contribution in [2.75, 3.05) is 52.2 Å². The second kappa shape index (κ2) is 13.9. The van der Waals surface area contributed by atoms with Crippen LogP contribution in [-0.2, 0) is 0 Å². The number of aryl methyl sites for hydroxylation is 2. The molecule has 0 atom stereocenters. The predicted molar refractivity (Wildman–Crippen MR) is 212 cm³/mol. The molecule has 270 valence electrons. The summed E-state index contributed by atoms with van der Waals surface area (Å²) in [4.78, 5) is 50.0. The van der Waals surface area contributed by atoms with Crippen LogP contribution in [0.2, 0.25) is 0 Å². The van der Waals surface area contributed by atoms with Crippen LogP contribution in [0.15, 0.2) is 76.8 Å². The highest BCUT2D eigenvalue weighted by Crippen LogP contribution is 2.37. The molecule has 0 N–H and O–H groups in total. The molecule has 0 aliphatic carbocycles. The third kappa shape index (κ3) is 6.31. The first kappa shape index (κ1) is 35.5. The molecule has 0 fully saturated rings. The van der Waals surface area contributed by atoms with E-state index < -0.39 is 5.82 Å². The second-order valence-corrected chi connectivity index (χ2v) is 14.6. The highest BCUT2D eigenvalue weighted by molar-refractivity contribution is 7.25. The average Bonchev–Trinajstić information content (AvgIpc) is 3.70. The maximum absolute atomic E-state index is 14.1. The Labute approximate surface area is 311 Å². The van der Waals surface area contributed by atoms with Gasteiger partial charge in [-0.3, -0.25) is 18.7 Å². The zero-order valence-electron chi connectivity index (χ0n) is 30.3. The fourth-order valence-corrected chi connectivity index (χ4v) is 8.32. The molecular formula is C38H35FN8O4S2. The van der Waals surface area contributed by atoms with Gasteiger partial charge < -0.3 is 19.3 Å². The molecule has 0 spiro atoms. The van der Waals surface area contributed by atoms with Gasteiger partial charge in [-0.1, -0.05) is 0 Å². The van der Waals surface area contributed by atoms with Crippen molar-refractivity contribution in [1.29, 1.82) is 0 Å². The lowest BCUT2D eigenvalue weighted by molar-refractivity contribution is 0.386. The van der Waals surface area contributed by atoms with Gasteiger partial charge in [0.1, 0.15) is 48.5 Å². The average molecular weight is 751 g/mol. The third-order valence-electron chi connectivity index (χ3n) is 8.65. The Bertz CT molecular complexity index is 2810. The lowest BCUT2D eigenvalue weighted by Crippen LogP contribution is -2.18. The molecule has 0 saturated carbocycles. The van der Waals surface area contributed by atoms with E-state index in [2.05, 4.69) is 19.9 Å². The largest absolute Gasteiger partial charge is 0.497 e. The molecule has 0 unspecified atom stereocenters. The number of rotatable bonds is 6. The maximum Gasteiger partial charge on any atom is 0.275 e. The number of pyridine rings is 2. The van der Waals surface area contributed by atoms with Gasteiger partial charge in [0.05, 0.1) is 47.7 Å². The van der Waals surface area contributed by atoms with Crippen LogP contribution in [0, 0.1) is 19.7 Å². The minimum absolute atomic E-state index is 0.0921. The summed E-state index contributed by atoms with van der Waals surface area (Å²) in [5, 5.41) is 1.79. The van der Waals surface area contributed by atoms with E-state index >= 15 is 0 Å². The molecule has 0 saturated heterocycles. The highest BCUT2D eigenvalue weighted by Gasteiger charge is 2.20. The summed E-state index contributed by atoms with van der Waals surface area (Å²) >= 11 is 2.69. The van der Waals surface area contributed by atoms with Crippen LogP contribution in [0.4, 0.5) is 15.8 Å². The Hall–Kier alpha value is -5.93. The number of thiophene rings is 2. The Morgan fingerprint density at radius 2 is 1.13 bits per heavy atom. The first-order chi connectivity index (χ1) is 25.4. The summed E-state index contributed by atoms with van der Waals surface area (Å²) in [7, 11) is 10.9. The number of hydrogen-bond acceptors (Lipinski definition) is 12. The van der Waals surface area contributed by atoms with Crippen LogP contribution in [0.1, 0.15) is 11.4 Å². The summed E-state index contributed by atoms with van der Waals surface area (Å²) < 4.78 is 28.2. The monoisotopic (exact) mass is 750 g/mol. The van der Waals surface area contributed by atoms with Gasteiger partial charge in [0.2, 0.25) is 0 Å². The Morgan fingerprint density at radius 1 is 0.660 bits per heavy atom. The topological polar surface area (TPSA) is 120 Å². The van der Waals surface area contributed by atoms with Gasteiger partial charge in [-0.05, 0) is 62.4 Å². The first-order valence-electron chi connectivity index (χ1n) is 16.4. The number of aromatic nitrogens is 6. The van der Waals surface area contributed by atoms with E-state index in [1.165, 1.54) is 52.8 Å². The minimum Gasteiger partial charge on any atom is -0.497 e. The fraction of sp³-hybridized carbons (Fsp3) is 0.211. The number of fused-ring (bicyclic) bond motifs is 6. The van der Waals surface area contributed by atoms with E-state index in [1.54, 1.807) is 24.1 Å². The Balaban J connectivity index is 0.000000164. The molecule has 0 radical (unpaired) electrons. The number of halogens is 1. The van der Waals surface area contributed by atoms with Gasteiger partial charge in [-0.15, -0.1) is 22.7 Å². The third-order valence-corrected chi connectivity index (χ3v) is 10.8. The second-order valence-electron chi connectivity index (χ2n) is 12.6. The predicted octanol–water partition coefficient (Wildman–Crippen LogP) is 6.90. The van der Waals surface area contributed by atoms with Gasteiger partial charge >= 0.3 is 0 Å². The van der Waals surface area contributed by atoms with E-state index in [1.807, 2.05) is 88.2 Å². The van der Waals surface area contributed by atoms with Gasteiger partial charge in [0, 0.05) is 45.6 Å². The van der Waals surface area contributed by atoms with Gasteiger partial charge in [0.25, 0.3) is 11.1 Å². The smallest absolute Gasteiger partial charge is 0.275 e. The van der Waals surface area contributed by atoms with Crippen LogP contribution in [0.5, 0.6) is 11.5 Å². The quantitative estimate of drug-likeness (QED) is 0.178. The van der Waals surface area contributed by atoms with E-state index in [0.717, 1.165) is 54.6 Å². The van der Waals surface area contributed by atoms with Crippen LogP contribution >= 0.6 is 22.7 Å². The molecule has 53 heavy (non-hydrogen) atoms. The zero-order valence-corrected chi connectivity index (χ0v) is 31.9. The summed E-state index contributed by atoms with van der Waals surface area (Å²) in [5.74, 6) is 0.330. The fourth-order valence-electron chi connectivity index (χ4n) is 6.08. The number of hydrogen-bond donors (Lipinski definition) is 0. The van der Waals surface area contributed by atoms with Crippen LogP contribution in [0.25, 0.3) is 52.2 Å². The molecule has 8 rings (SSSR count). The number of nitrogens with zero attached hydrogens (tertiary/aromatic N) is 8. The van der Waals surface area contributed by atoms with Crippen molar-refractivity contribution in [3.05, 3.63) is 105 Å². The lowest BCUT2D eigenvalue weighted by Gasteiger charge is -2.14. The van der Waals surface area contributed by atoms with E-state index in [-0.39, 0.29) is 16.9 Å². The van der Waals surface area contributed by atoms with Crippen molar-refractivity contribution in [2.24, 2.45) is 0 Å². The molecule has 2 aromatic carbocycles. The van der Waals surface area contributed by atoms with E-state index in [9.17, 15) is 14.0 Å². The molecule has 8 aromatic rings. The summed E-state index contributed by atoms with van der Waals surface area (Å²) in [6.45, 7) is 3.88. The van der Waals surface area contributed by atoms with E-state index in [4.69, 9.17) is 9.47 Å². The molecule has 6 aromatic heterocycles. The Morgan fingerprint density at radius 3 is 1.57 bits per heavy atom. The maximum atomic E-state index is 14.1. The Kier molecular flexibility index (Phi) is 9.30. The van der Waals surface area contributed by atoms with E-state index in [0.29, 0.717) is 26.1 Å². The van der Waals surface area contributed by atoms with Crippen LogP contribution in [-0.4, -0.2) is 71.5 Å².